The Balaban J connectivity index is 2.16. The van der Waals surface area contributed by atoms with Crippen molar-refractivity contribution in [2.24, 2.45) is 5.73 Å². The Morgan fingerprint density at radius 1 is 1.41 bits per heavy atom. The summed E-state index contributed by atoms with van der Waals surface area (Å²) in [7, 11) is 1.59. The number of hydrogen-bond donors (Lipinski definition) is 2. The molecule has 1 fully saturated rings. The molecule has 1 heterocycles. The van der Waals surface area contributed by atoms with Gasteiger partial charge in [-0.05, 0) is 43.9 Å². The summed E-state index contributed by atoms with van der Waals surface area (Å²) >= 11 is 0. The summed E-state index contributed by atoms with van der Waals surface area (Å²) in [6.07, 6.45) is 2.89. The van der Waals surface area contributed by atoms with E-state index in [0.717, 1.165) is 24.8 Å². The van der Waals surface area contributed by atoms with Crippen LogP contribution in [0.2, 0.25) is 0 Å². The maximum absolute atomic E-state index is 12.8. The molecule has 1 aromatic rings. The van der Waals surface area contributed by atoms with Gasteiger partial charge in [-0.15, -0.1) is 0 Å². The minimum Gasteiger partial charge on any atom is -0.496 e. The van der Waals surface area contributed by atoms with Crippen LogP contribution in [0.25, 0.3) is 0 Å². The first-order chi connectivity index (χ1) is 10.5. The number of piperidine rings is 1. The van der Waals surface area contributed by atoms with Gasteiger partial charge in [0.1, 0.15) is 5.75 Å². The summed E-state index contributed by atoms with van der Waals surface area (Å²) in [5, 5.41) is 2.60. The second-order valence-corrected chi connectivity index (χ2v) is 5.58. The van der Waals surface area contributed by atoms with Gasteiger partial charge in [-0.2, -0.15) is 0 Å². The van der Waals surface area contributed by atoms with Gasteiger partial charge in [0.2, 0.25) is 0 Å². The fourth-order valence-corrected chi connectivity index (χ4v) is 2.82. The highest BCUT2D eigenvalue weighted by molar-refractivity contribution is 5.95. The van der Waals surface area contributed by atoms with Crippen LogP contribution in [0.1, 0.15) is 35.2 Å². The molecule has 0 aliphatic carbocycles. The minimum atomic E-state index is -0.560. The summed E-state index contributed by atoms with van der Waals surface area (Å²) in [5.41, 5.74) is 6.72. The molecule has 0 bridgehead atoms. The highest BCUT2D eigenvalue weighted by atomic mass is 16.5. The number of primary amides is 1. The molecule has 3 amide bonds. The number of nitrogens with zero attached hydrogens (tertiary/aromatic N) is 1. The third-order valence-electron chi connectivity index (χ3n) is 4.05. The fourth-order valence-electron chi connectivity index (χ4n) is 2.82. The Bertz CT molecular complexity index is 560. The molecule has 1 atom stereocenters. The van der Waals surface area contributed by atoms with Crippen molar-refractivity contribution in [3.63, 3.8) is 0 Å². The van der Waals surface area contributed by atoms with Crippen molar-refractivity contribution >= 4 is 11.9 Å². The Morgan fingerprint density at radius 3 is 2.86 bits per heavy atom. The molecule has 1 aliphatic rings. The predicted octanol–water partition coefficient (Wildman–Crippen LogP) is 1.67. The monoisotopic (exact) mass is 305 g/mol. The maximum Gasteiger partial charge on any atom is 0.312 e. The van der Waals surface area contributed by atoms with Crippen molar-refractivity contribution in [2.75, 3.05) is 20.2 Å². The molecule has 1 aromatic carbocycles. The molecule has 22 heavy (non-hydrogen) atoms. The number of carbonyl (C=O) groups is 2. The molecule has 6 nitrogen and oxygen atoms in total. The Morgan fingerprint density at radius 2 is 2.18 bits per heavy atom. The van der Waals surface area contributed by atoms with Crippen LogP contribution in [0, 0.1) is 6.92 Å². The van der Waals surface area contributed by atoms with Crippen LogP contribution < -0.4 is 15.8 Å². The summed E-state index contributed by atoms with van der Waals surface area (Å²) in [4.78, 5) is 25.5. The van der Waals surface area contributed by atoms with E-state index in [9.17, 15) is 9.59 Å². The zero-order valence-electron chi connectivity index (χ0n) is 13.1. The summed E-state index contributed by atoms with van der Waals surface area (Å²) < 4.78 is 5.28. The quantitative estimate of drug-likeness (QED) is 0.887. The smallest absolute Gasteiger partial charge is 0.312 e. The average Bonchev–Trinajstić information content (AvgIpc) is 2.53. The Labute approximate surface area is 130 Å². The zero-order chi connectivity index (χ0) is 16.1. The van der Waals surface area contributed by atoms with Gasteiger partial charge in [-0.25, -0.2) is 4.79 Å². The van der Waals surface area contributed by atoms with Gasteiger partial charge < -0.3 is 20.7 Å². The van der Waals surface area contributed by atoms with E-state index in [4.69, 9.17) is 10.5 Å². The van der Waals surface area contributed by atoms with Gasteiger partial charge >= 0.3 is 6.03 Å². The highest BCUT2D eigenvalue weighted by Crippen LogP contribution is 2.23. The number of likely N-dealkylation sites (tertiary alicyclic amines) is 1. The number of nitrogens with one attached hydrogen (secondary N) is 1. The van der Waals surface area contributed by atoms with Gasteiger partial charge in [-0.3, -0.25) is 4.79 Å². The topological polar surface area (TPSA) is 84.7 Å². The highest BCUT2D eigenvalue weighted by Gasteiger charge is 2.27. The molecule has 120 valence electrons. The fraction of sp³-hybridized carbons (Fsp3) is 0.500. The van der Waals surface area contributed by atoms with E-state index in [1.807, 2.05) is 24.0 Å². The predicted molar refractivity (Wildman–Crippen MR) is 84.0 cm³/mol. The van der Waals surface area contributed by atoms with E-state index in [1.165, 1.54) is 0 Å². The van der Waals surface area contributed by atoms with Crippen molar-refractivity contribution < 1.29 is 14.3 Å². The van der Waals surface area contributed by atoms with Crippen LogP contribution in [0.4, 0.5) is 4.79 Å². The first-order valence-electron chi connectivity index (χ1n) is 7.52. The molecule has 1 unspecified atom stereocenters. The van der Waals surface area contributed by atoms with Gasteiger partial charge in [0.05, 0.1) is 7.11 Å². The number of benzene rings is 1. The standard InChI is InChI=1S/C16H23N3O3/c1-11-6-7-12(9-14(11)22-2)15(20)19-8-4-3-5-13(19)10-18-16(17)21/h6-7,9,13H,3-5,8,10H2,1-2H3,(H3,17,18,21). The molecule has 0 saturated carbocycles. The molecular weight excluding hydrogens is 282 g/mol. The molecule has 6 heteroatoms. The molecule has 1 saturated heterocycles. The number of nitrogens with two attached hydrogens (primary N) is 1. The lowest BCUT2D eigenvalue weighted by molar-refractivity contribution is 0.0615. The molecule has 2 rings (SSSR count). The van der Waals surface area contributed by atoms with E-state index in [1.54, 1.807) is 13.2 Å². The zero-order valence-corrected chi connectivity index (χ0v) is 13.1. The third-order valence-corrected chi connectivity index (χ3v) is 4.05. The van der Waals surface area contributed by atoms with Gasteiger partial charge in [-0.1, -0.05) is 6.07 Å². The van der Waals surface area contributed by atoms with E-state index >= 15 is 0 Å². The normalized spacial score (nSPS) is 17.9. The number of urea groups is 1. The SMILES string of the molecule is COc1cc(C(=O)N2CCCCC2CNC(N)=O)ccc1C. The molecule has 1 aliphatic heterocycles. The maximum atomic E-state index is 12.8. The van der Waals surface area contributed by atoms with Gasteiger partial charge in [0.15, 0.2) is 0 Å². The number of hydrogen-bond acceptors (Lipinski definition) is 3. The largest absolute Gasteiger partial charge is 0.496 e. The first-order valence-corrected chi connectivity index (χ1v) is 7.52. The van der Waals surface area contributed by atoms with Crippen LogP contribution in [0.3, 0.4) is 0 Å². The molecule has 3 N–H and O–H groups in total. The lowest BCUT2D eigenvalue weighted by Crippen LogP contribution is -2.50. The van der Waals surface area contributed by atoms with Crippen LogP contribution in [-0.4, -0.2) is 43.1 Å². The molecule has 0 aromatic heterocycles. The van der Waals surface area contributed by atoms with Gasteiger partial charge in [0, 0.05) is 24.7 Å². The van der Waals surface area contributed by atoms with Crippen molar-refractivity contribution in [3.05, 3.63) is 29.3 Å². The first kappa shape index (κ1) is 16.1. The lowest BCUT2D eigenvalue weighted by Gasteiger charge is -2.36. The summed E-state index contributed by atoms with van der Waals surface area (Å²) in [6, 6.07) is 4.89. The molecule has 0 spiro atoms. The van der Waals surface area contributed by atoms with Crippen LogP contribution in [0.15, 0.2) is 18.2 Å². The average molecular weight is 305 g/mol. The summed E-state index contributed by atoms with van der Waals surface area (Å²) in [6.45, 7) is 3.03. The van der Waals surface area contributed by atoms with Crippen molar-refractivity contribution in [1.82, 2.24) is 10.2 Å². The van der Waals surface area contributed by atoms with Crippen molar-refractivity contribution in [1.29, 1.82) is 0 Å². The molecule has 0 radical (unpaired) electrons. The van der Waals surface area contributed by atoms with E-state index < -0.39 is 6.03 Å². The second kappa shape index (κ2) is 7.15. The Hall–Kier alpha value is -2.24. The summed E-state index contributed by atoms with van der Waals surface area (Å²) in [5.74, 6) is 0.670. The number of methoxy groups -OCH3 is 1. The van der Waals surface area contributed by atoms with Crippen LogP contribution in [0.5, 0.6) is 5.75 Å². The number of carbonyl (C=O) groups excluding carboxylic acids is 2. The number of ether oxygens (including phenoxy) is 1. The van der Waals surface area contributed by atoms with Gasteiger partial charge in [0.25, 0.3) is 5.91 Å². The lowest BCUT2D eigenvalue weighted by atomic mass is 10.00. The van der Waals surface area contributed by atoms with E-state index in [-0.39, 0.29) is 11.9 Å². The van der Waals surface area contributed by atoms with Crippen LogP contribution >= 0.6 is 0 Å². The van der Waals surface area contributed by atoms with Crippen molar-refractivity contribution in [2.45, 2.75) is 32.2 Å². The second-order valence-electron chi connectivity index (χ2n) is 5.58. The number of aryl methyl sites for hydroxylation is 1. The number of amides is 3. The van der Waals surface area contributed by atoms with E-state index in [2.05, 4.69) is 5.32 Å². The molecular formula is C16H23N3O3. The third kappa shape index (κ3) is 3.69. The van der Waals surface area contributed by atoms with Crippen LogP contribution in [-0.2, 0) is 0 Å². The Kier molecular flexibility index (Phi) is 5.25. The van der Waals surface area contributed by atoms with Crippen molar-refractivity contribution in [3.8, 4) is 5.75 Å². The minimum absolute atomic E-state index is 0.0129. The van der Waals surface area contributed by atoms with E-state index in [0.29, 0.717) is 24.4 Å². The number of rotatable bonds is 4.